The van der Waals surface area contributed by atoms with Crippen molar-refractivity contribution in [2.75, 3.05) is 13.1 Å². The van der Waals surface area contributed by atoms with E-state index in [2.05, 4.69) is 22.3 Å². The summed E-state index contributed by atoms with van der Waals surface area (Å²) in [5.74, 6) is -1.48. The zero-order valence-corrected chi connectivity index (χ0v) is 18.5. The van der Waals surface area contributed by atoms with Gasteiger partial charge in [0.05, 0.1) is 12.2 Å². The van der Waals surface area contributed by atoms with Gasteiger partial charge in [0.25, 0.3) is 0 Å². The summed E-state index contributed by atoms with van der Waals surface area (Å²) in [4.78, 5) is 24.4. The summed E-state index contributed by atoms with van der Waals surface area (Å²) in [6.07, 6.45) is -0.809. The number of halogens is 3. The van der Waals surface area contributed by atoms with Crippen LogP contribution < -0.4 is 5.32 Å². The fourth-order valence-electron chi connectivity index (χ4n) is 2.91. The number of pyridine rings is 1. The van der Waals surface area contributed by atoms with E-state index in [9.17, 15) is 23.1 Å². The minimum atomic E-state index is -5.08. The molecular weight excluding hydrogens is 457 g/mol. The highest BCUT2D eigenvalue weighted by Gasteiger charge is 2.38. The highest BCUT2D eigenvalue weighted by molar-refractivity contribution is 5.87. The first-order valence-corrected chi connectivity index (χ1v) is 10.3. The third-order valence-electron chi connectivity index (χ3n) is 4.72. The zero-order chi connectivity index (χ0) is 25.3. The second kappa shape index (κ2) is 12.0. The summed E-state index contributed by atoms with van der Waals surface area (Å²) in [6, 6.07) is 9.22. The van der Waals surface area contributed by atoms with Crippen molar-refractivity contribution in [1.29, 1.82) is 0 Å². The molecule has 3 heterocycles. The largest absolute Gasteiger partial charge is 0.490 e. The average molecular weight is 482 g/mol. The van der Waals surface area contributed by atoms with Gasteiger partial charge in [-0.1, -0.05) is 6.92 Å². The van der Waals surface area contributed by atoms with Gasteiger partial charge in [0, 0.05) is 30.4 Å². The number of aromatic nitrogens is 3. The molecular formula is C22H25F3N4O5. The van der Waals surface area contributed by atoms with E-state index in [1.54, 1.807) is 18.5 Å². The number of alkyl halides is 3. The summed E-state index contributed by atoms with van der Waals surface area (Å²) in [6.45, 7) is 6.03. The molecule has 0 aliphatic carbocycles. The van der Waals surface area contributed by atoms with E-state index >= 15 is 0 Å². The maximum Gasteiger partial charge on any atom is 0.490 e. The molecule has 0 aliphatic rings. The van der Waals surface area contributed by atoms with Crippen LogP contribution in [-0.4, -0.2) is 56.2 Å². The number of rotatable bonds is 9. The average Bonchev–Trinajstić information content (AvgIpc) is 3.40. The van der Waals surface area contributed by atoms with Crippen molar-refractivity contribution >= 4 is 11.9 Å². The number of aryl methyl sites for hydroxylation is 1. The Balaban J connectivity index is 0.000000509. The number of carbonyl (C=O) groups is 2. The van der Waals surface area contributed by atoms with E-state index < -0.39 is 18.1 Å². The lowest BCUT2D eigenvalue weighted by Gasteiger charge is -2.10. The van der Waals surface area contributed by atoms with Crippen LogP contribution in [0.1, 0.15) is 41.3 Å². The fraction of sp³-hybridized carbons (Fsp3) is 0.364. The molecule has 3 aromatic heterocycles. The topological polar surface area (TPSA) is 130 Å². The summed E-state index contributed by atoms with van der Waals surface area (Å²) >= 11 is 0. The lowest BCUT2D eigenvalue weighted by molar-refractivity contribution is -0.192. The summed E-state index contributed by atoms with van der Waals surface area (Å²) in [5.41, 5.74) is 1.67. The van der Waals surface area contributed by atoms with Crippen molar-refractivity contribution in [3.05, 3.63) is 59.9 Å². The molecule has 1 unspecified atom stereocenters. The molecule has 1 atom stereocenters. The summed E-state index contributed by atoms with van der Waals surface area (Å²) in [5, 5.41) is 24.3. The number of carboxylic acids is 2. The quantitative estimate of drug-likeness (QED) is 0.391. The Morgan fingerprint density at radius 1 is 1.15 bits per heavy atom. The number of aromatic carboxylic acids is 1. The highest BCUT2D eigenvalue weighted by Crippen LogP contribution is 2.21. The van der Waals surface area contributed by atoms with Crippen LogP contribution in [0, 0.1) is 6.92 Å². The van der Waals surface area contributed by atoms with Gasteiger partial charge >= 0.3 is 18.1 Å². The van der Waals surface area contributed by atoms with Gasteiger partial charge in [0.2, 0.25) is 0 Å². The SMILES string of the molecule is Cc1ccc(C(C)CCNCCn2nc(-c3ccncc3)cc2C(=O)O)o1.O=C(O)C(F)(F)F. The molecule has 3 N–H and O–H groups in total. The Bertz CT molecular complexity index is 1080. The van der Waals surface area contributed by atoms with E-state index in [1.807, 2.05) is 31.2 Å². The minimum Gasteiger partial charge on any atom is -0.477 e. The molecule has 12 heteroatoms. The second-order valence-corrected chi connectivity index (χ2v) is 7.37. The zero-order valence-electron chi connectivity index (χ0n) is 18.5. The van der Waals surface area contributed by atoms with Gasteiger partial charge in [-0.05, 0) is 50.2 Å². The molecule has 0 amide bonds. The van der Waals surface area contributed by atoms with E-state index in [0.717, 1.165) is 30.0 Å². The first-order chi connectivity index (χ1) is 16.0. The standard InChI is InChI=1S/C20H24N4O3.C2HF3O2/c1-14(19-4-3-15(2)27-19)5-8-22-11-12-24-18(20(25)26)13-17(23-24)16-6-9-21-10-7-16;3-2(4,5)1(6)7/h3-4,6-7,9-10,13-14,22H,5,8,11-12H2,1-2H3,(H,25,26);(H,6,7). The fourth-order valence-corrected chi connectivity index (χ4v) is 2.91. The Morgan fingerprint density at radius 2 is 1.79 bits per heavy atom. The number of nitrogens with one attached hydrogen (secondary N) is 1. The van der Waals surface area contributed by atoms with E-state index in [4.69, 9.17) is 14.3 Å². The monoisotopic (exact) mass is 482 g/mol. The first-order valence-electron chi connectivity index (χ1n) is 10.3. The van der Waals surface area contributed by atoms with E-state index in [0.29, 0.717) is 24.7 Å². The number of furan rings is 1. The normalized spacial score (nSPS) is 12.0. The maximum atomic E-state index is 11.5. The van der Waals surface area contributed by atoms with Crippen LogP contribution in [0.15, 0.2) is 47.1 Å². The predicted octanol–water partition coefficient (Wildman–Crippen LogP) is 3.96. The summed E-state index contributed by atoms with van der Waals surface area (Å²) in [7, 11) is 0. The number of hydrogen-bond donors (Lipinski definition) is 3. The smallest absolute Gasteiger partial charge is 0.477 e. The Labute approximate surface area is 193 Å². The van der Waals surface area contributed by atoms with Gasteiger partial charge < -0.3 is 19.9 Å². The molecule has 0 spiro atoms. The molecule has 3 aromatic rings. The Morgan fingerprint density at radius 3 is 2.32 bits per heavy atom. The molecule has 0 saturated carbocycles. The predicted molar refractivity (Wildman–Crippen MR) is 115 cm³/mol. The molecule has 0 saturated heterocycles. The number of hydrogen-bond acceptors (Lipinski definition) is 6. The van der Waals surface area contributed by atoms with Gasteiger partial charge in [-0.3, -0.25) is 9.67 Å². The van der Waals surface area contributed by atoms with Crippen molar-refractivity contribution in [3.8, 4) is 11.3 Å². The third kappa shape index (κ3) is 8.03. The third-order valence-corrected chi connectivity index (χ3v) is 4.72. The van der Waals surface area contributed by atoms with E-state index in [1.165, 1.54) is 4.68 Å². The van der Waals surface area contributed by atoms with Crippen LogP contribution >= 0.6 is 0 Å². The van der Waals surface area contributed by atoms with Crippen LogP contribution in [0.4, 0.5) is 13.2 Å². The second-order valence-electron chi connectivity index (χ2n) is 7.37. The number of aliphatic carboxylic acids is 1. The van der Waals surface area contributed by atoms with Gasteiger partial charge in [0.1, 0.15) is 17.2 Å². The highest BCUT2D eigenvalue weighted by atomic mass is 19.4. The molecule has 9 nitrogen and oxygen atoms in total. The lowest BCUT2D eigenvalue weighted by atomic mass is 10.1. The number of carboxylic acid groups (broad SMARTS) is 2. The molecule has 0 fully saturated rings. The van der Waals surface area contributed by atoms with Crippen molar-refractivity contribution < 1.29 is 37.4 Å². The van der Waals surface area contributed by atoms with Gasteiger partial charge in [-0.15, -0.1) is 0 Å². The molecule has 0 bridgehead atoms. The van der Waals surface area contributed by atoms with Crippen molar-refractivity contribution in [2.24, 2.45) is 0 Å². The van der Waals surface area contributed by atoms with Crippen LogP contribution in [0.3, 0.4) is 0 Å². The lowest BCUT2D eigenvalue weighted by Crippen LogP contribution is -2.24. The minimum absolute atomic E-state index is 0.183. The van der Waals surface area contributed by atoms with E-state index in [-0.39, 0.29) is 5.69 Å². The molecule has 184 valence electrons. The van der Waals surface area contributed by atoms with Crippen LogP contribution in [0.5, 0.6) is 0 Å². The Kier molecular flexibility index (Phi) is 9.36. The first kappa shape index (κ1) is 26.6. The van der Waals surface area contributed by atoms with Crippen molar-refractivity contribution in [2.45, 2.75) is 38.9 Å². The van der Waals surface area contributed by atoms with Crippen LogP contribution in [0.25, 0.3) is 11.3 Å². The van der Waals surface area contributed by atoms with Crippen LogP contribution in [0.2, 0.25) is 0 Å². The number of nitrogens with zero attached hydrogens (tertiary/aromatic N) is 3. The molecule has 0 aliphatic heterocycles. The van der Waals surface area contributed by atoms with Crippen molar-refractivity contribution in [1.82, 2.24) is 20.1 Å². The van der Waals surface area contributed by atoms with Crippen molar-refractivity contribution in [3.63, 3.8) is 0 Å². The molecule has 3 rings (SSSR count). The molecule has 0 radical (unpaired) electrons. The van der Waals surface area contributed by atoms with Gasteiger partial charge in [0.15, 0.2) is 0 Å². The maximum absolute atomic E-state index is 11.5. The van der Waals surface area contributed by atoms with Gasteiger partial charge in [-0.2, -0.15) is 18.3 Å². The Hall–Kier alpha value is -3.67. The molecule has 0 aromatic carbocycles. The summed E-state index contributed by atoms with van der Waals surface area (Å²) < 4.78 is 38.9. The molecule has 34 heavy (non-hydrogen) atoms. The van der Waals surface area contributed by atoms with Gasteiger partial charge in [-0.25, -0.2) is 9.59 Å². The van der Waals surface area contributed by atoms with Crippen LogP contribution in [-0.2, 0) is 11.3 Å².